The zero-order valence-corrected chi connectivity index (χ0v) is 10.2. The number of halogens is 3. The van der Waals surface area contributed by atoms with Gasteiger partial charge in [-0.15, -0.1) is 11.8 Å². The largest absolute Gasteiger partial charge is 0.248 e. The van der Waals surface area contributed by atoms with Crippen molar-refractivity contribution in [3.05, 3.63) is 58.7 Å². The SMILES string of the molecule is Fc1ccc(CSc2ncccc2Cl)cc1F. The van der Waals surface area contributed by atoms with Crippen LogP contribution in [0.1, 0.15) is 5.56 Å². The van der Waals surface area contributed by atoms with E-state index < -0.39 is 11.6 Å². The van der Waals surface area contributed by atoms with Crippen LogP contribution in [0.25, 0.3) is 0 Å². The monoisotopic (exact) mass is 271 g/mol. The summed E-state index contributed by atoms with van der Waals surface area (Å²) < 4.78 is 25.7. The Hall–Kier alpha value is -1.13. The topological polar surface area (TPSA) is 12.9 Å². The van der Waals surface area contributed by atoms with Crippen molar-refractivity contribution in [3.63, 3.8) is 0 Å². The fourth-order valence-electron chi connectivity index (χ4n) is 1.26. The number of nitrogens with zero attached hydrogens (tertiary/aromatic N) is 1. The van der Waals surface area contributed by atoms with E-state index >= 15 is 0 Å². The molecule has 1 nitrogen and oxygen atoms in total. The molecule has 0 atom stereocenters. The summed E-state index contributed by atoms with van der Waals surface area (Å²) in [4.78, 5) is 4.10. The van der Waals surface area contributed by atoms with Crippen molar-refractivity contribution >= 4 is 23.4 Å². The van der Waals surface area contributed by atoms with E-state index in [4.69, 9.17) is 11.6 Å². The standard InChI is InChI=1S/C12H8ClF2NS/c13-9-2-1-5-16-12(9)17-7-8-3-4-10(14)11(15)6-8/h1-6H,7H2. The lowest BCUT2D eigenvalue weighted by atomic mass is 10.2. The van der Waals surface area contributed by atoms with Crippen molar-refractivity contribution in [2.24, 2.45) is 0 Å². The van der Waals surface area contributed by atoms with E-state index in [1.165, 1.54) is 17.8 Å². The summed E-state index contributed by atoms with van der Waals surface area (Å²) in [6.07, 6.45) is 1.64. The number of thioether (sulfide) groups is 1. The third-order valence-electron chi connectivity index (χ3n) is 2.08. The molecule has 0 aliphatic heterocycles. The highest BCUT2D eigenvalue weighted by molar-refractivity contribution is 7.98. The lowest BCUT2D eigenvalue weighted by Crippen LogP contribution is -1.88. The van der Waals surface area contributed by atoms with Gasteiger partial charge in [0.1, 0.15) is 5.03 Å². The van der Waals surface area contributed by atoms with E-state index in [1.54, 1.807) is 24.4 Å². The zero-order chi connectivity index (χ0) is 12.3. The first kappa shape index (κ1) is 12.3. The first-order chi connectivity index (χ1) is 8.16. The molecule has 0 spiro atoms. The molecule has 0 amide bonds. The van der Waals surface area contributed by atoms with Crippen molar-refractivity contribution in [1.29, 1.82) is 0 Å². The summed E-state index contributed by atoms with van der Waals surface area (Å²) in [6.45, 7) is 0. The van der Waals surface area contributed by atoms with Gasteiger partial charge in [0, 0.05) is 11.9 Å². The predicted molar refractivity (Wildman–Crippen MR) is 65.2 cm³/mol. The lowest BCUT2D eigenvalue weighted by Gasteiger charge is -2.03. The zero-order valence-electron chi connectivity index (χ0n) is 8.66. The van der Waals surface area contributed by atoms with Crippen LogP contribution in [0.15, 0.2) is 41.6 Å². The molecule has 0 saturated heterocycles. The molecule has 2 rings (SSSR count). The molecule has 1 aromatic carbocycles. The molecule has 0 N–H and O–H groups in total. The minimum Gasteiger partial charge on any atom is -0.248 e. The number of benzene rings is 1. The molecule has 1 aromatic heterocycles. The van der Waals surface area contributed by atoms with Crippen molar-refractivity contribution < 1.29 is 8.78 Å². The summed E-state index contributed by atoms with van der Waals surface area (Å²) in [5.74, 6) is -1.18. The minimum absolute atomic E-state index is 0.494. The van der Waals surface area contributed by atoms with E-state index in [0.29, 0.717) is 21.4 Å². The minimum atomic E-state index is -0.838. The van der Waals surface area contributed by atoms with Crippen LogP contribution in [0.2, 0.25) is 5.02 Å². The highest BCUT2D eigenvalue weighted by Gasteiger charge is 2.05. The Morgan fingerprint density at radius 3 is 2.71 bits per heavy atom. The molecule has 0 radical (unpaired) electrons. The van der Waals surface area contributed by atoms with Gasteiger partial charge in [-0.3, -0.25) is 0 Å². The van der Waals surface area contributed by atoms with E-state index in [1.807, 2.05) is 0 Å². The van der Waals surface area contributed by atoms with Crippen LogP contribution in [0.4, 0.5) is 8.78 Å². The number of hydrogen-bond acceptors (Lipinski definition) is 2. The predicted octanol–water partition coefficient (Wildman–Crippen LogP) is 4.31. The first-order valence-electron chi connectivity index (χ1n) is 4.84. The van der Waals surface area contributed by atoms with Gasteiger partial charge in [0.2, 0.25) is 0 Å². The Morgan fingerprint density at radius 2 is 2.00 bits per heavy atom. The third-order valence-corrected chi connectivity index (χ3v) is 3.58. The van der Waals surface area contributed by atoms with Crippen molar-refractivity contribution in [2.75, 3.05) is 0 Å². The normalized spacial score (nSPS) is 10.5. The van der Waals surface area contributed by atoms with Gasteiger partial charge in [-0.2, -0.15) is 0 Å². The number of aromatic nitrogens is 1. The molecule has 2 aromatic rings. The van der Waals surface area contributed by atoms with Gasteiger partial charge >= 0.3 is 0 Å². The van der Waals surface area contributed by atoms with Gasteiger partial charge in [-0.25, -0.2) is 13.8 Å². The maximum absolute atomic E-state index is 13.0. The summed E-state index contributed by atoms with van der Waals surface area (Å²) >= 11 is 7.31. The summed E-state index contributed by atoms with van der Waals surface area (Å²) in [5, 5.41) is 1.24. The molecule has 5 heteroatoms. The summed E-state index contributed by atoms with van der Waals surface area (Å²) in [5.41, 5.74) is 0.690. The fraction of sp³-hybridized carbons (Fsp3) is 0.0833. The molecule has 0 aliphatic carbocycles. The Morgan fingerprint density at radius 1 is 1.18 bits per heavy atom. The molecule has 0 bridgehead atoms. The molecule has 0 fully saturated rings. The Kier molecular flexibility index (Phi) is 3.97. The van der Waals surface area contributed by atoms with E-state index in [-0.39, 0.29) is 0 Å². The van der Waals surface area contributed by atoms with Gasteiger partial charge in [0.25, 0.3) is 0 Å². The Labute approximate surface area is 107 Å². The van der Waals surface area contributed by atoms with Gasteiger partial charge < -0.3 is 0 Å². The van der Waals surface area contributed by atoms with E-state index in [2.05, 4.69) is 4.98 Å². The van der Waals surface area contributed by atoms with Crippen molar-refractivity contribution in [3.8, 4) is 0 Å². The number of pyridine rings is 1. The second-order valence-electron chi connectivity index (χ2n) is 3.33. The molecule has 0 saturated carbocycles. The second-order valence-corrected chi connectivity index (χ2v) is 4.70. The van der Waals surface area contributed by atoms with Gasteiger partial charge in [0.05, 0.1) is 5.02 Å². The molecule has 1 heterocycles. The Bertz CT molecular complexity index is 534. The van der Waals surface area contributed by atoms with Crippen LogP contribution in [-0.2, 0) is 5.75 Å². The van der Waals surface area contributed by atoms with Crippen LogP contribution in [0.5, 0.6) is 0 Å². The lowest BCUT2D eigenvalue weighted by molar-refractivity contribution is 0.507. The van der Waals surface area contributed by atoms with Gasteiger partial charge in [-0.05, 0) is 29.8 Å². The average Bonchev–Trinajstić information content (AvgIpc) is 2.32. The Balaban J connectivity index is 2.08. The van der Waals surface area contributed by atoms with Gasteiger partial charge in [0.15, 0.2) is 11.6 Å². The van der Waals surface area contributed by atoms with Crippen molar-refractivity contribution in [2.45, 2.75) is 10.8 Å². The smallest absolute Gasteiger partial charge is 0.159 e. The number of hydrogen-bond donors (Lipinski definition) is 0. The fourth-order valence-corrected chi connectivity index (χ4v) is 2.37. The molecule has 0 aliphatic rings. The maximum Gasteiger partial charge on any atom is 0.159 e. The highest BCUT2D eigenvalue weighted by atomic mass is 35.5. The quantitative estimate of drug-likeness (QED) is 0.772. The average molecular weight is 272 g/mol. The third kappa shape index (κ3) is 3.17. The number of rotatable bonds is 3. The highest BCUT2D eigenvalue weighted by Crippen LogP contribution is 2.27. The first-order valence-corrected chi connectivity index (χ1v) is 6.20. The maximum atomic E-state index is 13.0. The van der Waals surface area contributed by atoms with Crippen molar-refractivity contribution in [1.82, 2.24) is 4.98 Å². The van der Waals surface area contributed by atoms with E-state index in [0.717, 1.165) is 6.07 Å². The van der Waals surface area contributed by atoms with Crippen LogP contribution in [0, 0.1) is 11.6 Å². The molecule has 0 unspecified atom stereocenters. The molecular weight excluding hydrogens is 264 g/mol. The van der Waals surface area contributed by atoms with Crippen LogP contribution in [-0.4, -0.2) is 4.98 Å². The molecule has 17 heavy (non-hydrogen) atoms. The molecular formula is C12H8ClF2NS. The van der Waals surface area contributed by atoms with Gasteiger partial charge in [-0.1, -0.05) is 17.7 Å². The van der Waals surface area contributed by atoms with E-state index in [9.17, 15) is 8.78 Å². The summed E-state index contributed by atoms with van der Waals surface area (Å²) in [6, 6.07) is 7.32. The van der Waals surface area contributed by atoms with Crippen LogP contribution in [0.3, 0.4) is 0 Å². The van der Waals surface area contributed by atoms with Crippen LogP contribution < -0.4 is 0 Å². The second kappa shape index (κ2) is 5.47. The summed E-state index contributed by atoms with van der Waals surface area (Å²) in [7, 11) is 0. The molecule has 88 valence electrons. The van der Waals surface area contributed by atoms with Crippen LogP contribution >= 0.6 is 23.4 Å².